The summed E-state index contributed by atoms with van der Waals surface area (Å²) in [6.07, 6.45) is -0.0370. The molecule has 25 heavy (non-hydrogen) atoms. The molecule has 0 aliphatic heterocycles. The number of ether oxygens (including phenoxy) is 1. The fourth-order valence-corrected chi connectivity index (χ4v) is 2.62. The molecule has 2 N–H and O–H groups in total. The molecule has 0 saturated carbocycles. The minimum Gasteiger partial charge on any atom is -0.480 e. The molecule has 132 valence electrons. The number of esters is 1. The minimum atomic E-state index is -1.19. The highest BCUT2D eigenvalue weighted by atomic mass is 16.5. The fraction of sp³-hybridized carbons (Fsp3) is 0.316. The van der Waals surface area contributed by atoms with Crippen molar-refractivity contribution in [3.63, 3.8) is 0 Å². The molecule has 0 bridgehead atoms. The first kappa shape index (κ1) is 18.4. The summed E-state index contributed by atoms with van der Waals surface area (Å²) in [6, 6.07) is 11.5. The molecule has 6 heteroatoms. The summed E-state index contributed by atoms with van der Waals surface area (Å²) in [4.78, 5) is 35.7. The Bertz CT molecular complexity index is 781. The van der Waals surface area contributed by atoms with Gasteiger partial charge in [0.1, 0.15) is 6.04 Å². The molecule has 0 saturated heterocycles. The highest BCUT2D eigenvalue weighted by Gasteiger charge is 2.27. The summed E-state index contributed by atoms with van der Waals surface area (Å²) in [5.74, 6) is -2.79. The van der Waals surface area contributed by atoms with E-state index in [0.717, 1.165) is 10.8 Å². The van der Waals surface area contributed by atoms with Crippen LogP contribution in [0.4, 0.5) is 0 Å². The lowest BCUT2D eigenvalue weighted by atomic mass is 10.0. The molecular weight excluding hydrogens is 322 g/mol. The maximum atomic E-state index is 12.6. The average molecular weight is 343 g/mol. The number of carboxylic acids is 1. The SMILES string of the molecule is CCOC(=O)[C@@H](C)C[C@H](NC(=O)c1cccc2ccccc12)C(=O)O. The van der Waals surface area contributed by atoms with Gasteiger partial charge >= 0.3 is 11.9 Å². The molecule has 0 spiro atoms. The van der Waals surface area contributed by atoms with E-state index >= 15 is 0 Å². The number of aliphatic carboxylic acids is 1. The van der Waals surface area contributed by atoms with Gasteiger partial charge in [0.05, 0.1) is 12.5 Å². The normalized spacial score (nSPS) is 13.0. The number of hydrogen-bond donors (Lipinski definition) is 2. The molecule has 2 aromatic carbocycles. The third-order valence-electron chi connectivity index (χ3n) is 3.92. The third-order valence-corrected chi connectivity index (χ3v) is 3.92. The fourth-order valence-electron chi connectivity index (χ4n) is 2.62. The molecule has 2 aromatic rings. The number of amides is 1. The number of nitrogens with one attached hydrogen (secondary N) is 1. The van der Waals surface area contributed by atoms with E-state index in [-0.39, 0.29) is 13.0 Å². The Hall–Kier alpha value is -2.89. The van der Waals surface area contributed by atoms with Gasteiger partial charge in [0.25, 0.3) is 5.91 Å². The first-order valence-electron chi connectivity index (χ1n) is 8.12. The maximum Gasteiger partial charge on any atom is 0.326 e. The lowest BCUT2D eigenvalue weighted by molar-refractivity contribution is -0.148. The third kappa shape index (κ3) is 4.56. The number of fused-ring (bicyclic) bond motifs is 1. The van der Waals surface area contributed by atoms with Gasteiger partial charge in [0, 0.05) is 5.56 Å². The first-order chi connectivity index (χ1) is 11.9. The Morgan fingerprint density at radius 2 is 1.80 bits per heavy atom. The van der Waals surface area contributed by atoms with Crippen LogP contribution in [0.2, 0.25) is 0 Å². The Morgan fingerprint density at radius 3 is 2.48 bits per heavy atom. The van der Waals surface area contributed by atoms with Crippen molar-refractivity contribution in [2.75, 3.05) is 6.61 Å². The van der Waals surface area contributed by atoms with Gasteiger partial charge < -0.3 is 15.2 Å². The lowest BCUT2D eigenvalue weighted by Gasteiger charge is -2.18. The second-order valence-electron chi connectivity index (χ2n) is 5.78. The molecule has 0 fully saturated rings. The van der Waals surface area contributed by atoms with Crippen LogP contribution in [-0.2, 0) is 14.3 Å². The topological polar surface area (TPSA) is 92.7 Å². The highest BCUT2D eigenvalue weighted by Crippen LogP contribution is 2.19. The molecule has 1 amide bonds. The molecule has 0 radical (unpaired) electrons. The van der Waals surface area contributed by atoms with Gasteiger partial charge in [-0.25, -0.2) is 4.79 Å². The standard InChI is InChI=1S/C19H21NO5/c1-3-25-19(24)12(2)11-16(18(22)23)20-17(21)15-10-6-8-13-7-4-5-9-14(13)15/h4-10,12,16H,3,11H2,1-2H3,(H,20,21)(H,22,23)/t12-,16-/m0/s1. The zero-order valence-corrected chi connectivity index (χ0v) is 14.2. The molecule has 0 aliphatic carbocycles. The van der Waals surface area contributed by atoms with Crippen LogP contribution >= 0.6 is 0 Å². The van der Waals surface area contributed by atoms with E-state index in [4.69, 9.17) is 4.74 Å². The van der Waals surface area contributed by atoms with Gasteiger partial charge in [-0.3, -0.25) is 9.59 Å². The summed E-state index contributed by atoms with van der Waals surface area (Å²) in [5.41, 5.74) is 0.396. The van der Waals surface area contributed by atoms with Crippen LogP contribution in [0.15, 0.2) is 42.5 Å². The summed E-state index contributed by atoms with van der Waals surface area (Å²) >= 11 is 0. The van der Waals surface area contributed by atoms with Crippen LogP contribution in [0.3, 0.4) is 0 Å². The molecule has 0 aromatic heterocycles. The Labute approximate surface area is 145 Å². The number of benzene rings is 2. The number of carbonyl (C=O) groups is 3. The van der Waals surface area contributed by atoms with Gasteiger partial charge in [-0.15, -0.1) is 0 Å². The van der Waals surface area contributed by atoms with Crippen LogP contribution < -0.4 is 5.32 Å². The number of carboxylic acid groups (broad SMARTS) is 1. The number of rotatable bonds is 7. The van der Waals surface area contributed by atoms with Gasteiger partial charge in [-0.05, 0) is 30.2 Å². The average Bonchev–Trinajstić information content (AvgIpc) is 2.60. The predicted octanol–water partition coefficient (Wildman–Crippen LogP) is 2.61. The van der Waals surface area contributed by atoms with Crippen molar-refractivity contribution in [2.24, 2.45) is 5.92 Å². The minimum absolute atomic E-state index is 0.0370. The van der Waals surface area contributed by atoms with Gasteiger partial charge in [-0.1, -0.05) is 43.3 Å². The summed E-state index contributed by atoms with van der Waals surface area (Å²) < 4.78 is 4.89. The molecule has 6 nitrogen and oxygen atoms in total. The summed E-state index contributed by atoms with van der Waals surface area (Å²) in [5, 5.41) is 13.5. The number of carbonyl (C=O) groups excluding carboxylic acids is 2. The van der Waals surface area contributed by atoms with E-state index in [2.05, 4.69) is 5.32 Å². The van der Waals surface area contributed by atoms with Crippen LogP contribution in [0, 0.1) is 5.92 Å². The molecular formula is C19H21NO5. The Morgan fingerprint density at radius 1 is 1.12 bits per heavy atom. The van der Waals surface area contributed by atoms with Crippen molar-refractivity contribution in [3.8, 4) is 0 Å². The smallest absolute Gasteiger partial charge is 0.326 e. The van der Waals surface area contributed by atoms with E-state index in [9.17, 15) is 19.5 Å². The van der Waals surface area contributed by atoms with Crippen LogP contribution in [0.1, 0.15) is 30.6 Å². The van der Waals surface area contributed by atoms with Crippen molar-refractivity contribution in [2.45, 2.75) is 26.3 Å². The van der Waals surface area contributed by atoms with Crippen LogP contribution in [-0.4, -0.2) is 35.6 Å². The highest BCUT2D eigenvalue weighted by molar-refractivity contribution is 6.07. The van der Waals surface area contributed by atoms with Gasteiger partial charge in [0.2, 0.25) is 0 Å². The number of hydrogen-bond acceptors (Lipinski definition) is 4. The van der Waals surface area contributed by atoms with Gasteiger partial charge in [0.15, 0.2) is 0 Å². The van der Waals surface area contributed by atoms with Crippen molar-refractivity contribution in [1.82, 2.24) is 5.32 Å². The monoisotopic (exact) mass is 343 g/mol. The van der Waals surface area contributed by atoms with E-state index in [0.29, 0.717) is 5.56 Å². The molecule has 2 rings (SSSR count). The molecule has 0 heterocycles. The molecule has 0 aliphatic rings. The van der Waals surface area contributed by atoms with Crippen molar-refractivity contribution < 1.29 is 24.2 Å². The summed E-state index contributed by atoms with van der Waals surface area (Å²) in [6.45, 7) is 3.49. The second-order valence-corrected chi connectivity index (χ2v) is 5.78. The largest absolute Gasteiger partial charge is 0.480 e. The zero-order chi connectivity index (χ0) is 18.4. The van der Waals surface area contributed by atoms with Crippen LogP contribution in [0.5, 0.6) is 0 Å². The van der Waals surface area contributed by atoms with E-state index < -0.39 is 29.8 Å². The predicted molar refractivity (Wildman–Crippen MR) is 93.3 cm³/mol. The van der Waals surface area contributed by atoms with Crippen molar-refractivity contribution in [3.05, 3.63) is 48.0 Å². The van der Waals surface area contributed by atoms with Gasteiger partial charge in [-0.2, -0.15) is 0 Å². The summed E-state index contributed by atoms with van der Waals surface area (Å²) in [7, 11) is 0. The van der Waals surface area contributed by atoms with Crippen molar-refractivity contribution in [1.29, 1.82) is 0 Å². The van der Waals surface area contributed by atoms with E-state index in [1.807, 2.05) is 24.3 Å². The van der Waals surface area contributed by atoms with Crippen LogP contribution in [0.25, 0.3) is 10.8 Å². The second kappa shape index (κ2) is 8.28. The van der Waals surface area contributed by atoms with E-state index in [1.165, 1.54) is 0 Å². The molecule has 0 unspecified atom stereocenters. The quantitative estimate of drug-likeness (QED) is 0.754. The maximum absolute atomic E-state index is 12.6. The Balaban J connectivity index is 2.17. The zero-order valence-electron chi connectivity index (χ0n) is 14.2. The first-order valence-corrected chi connectivity index (χ1v) is 8.12. The van der Waals surface area contributed by atoms with E-state index in [1.54, 1.807) is 32.0 Å². The van der Waals surface area contributed by atoms with Crippen molar-refractivity contribution >= 4 is 28.6 Å². The molecule has 2 atom stereocenters. The lowest BCUT2D eigenvalue weighted by Crippen LogP contribution is -2.42. The Kier molecular flexibility index (Phi) is 6.11.